The van der Waals surface area contributed by atoms with Crippen molar-refractivity contribution in [1.29, 1.82) is 0 Å². The van der Waals surface area contributed by atoms with E-state index in [4.69, 9.17) is 4.43 Å². The molecule has 0 spiro atoms. The van der Waals surface area contributed by atoms with Crippen LogP contribution in [-0.4, -0.2) is 28.6 Å². The van der Waals surface area contributed by atoms with E-state index in [0.29, 0.717) is 4.90 Å². The molecule has 0 saturated heterocycles. The third kappa shape index (κ3) is 6.71. The number of hydrogen-bond acceptors (Lipinski definition) is 3. The maximum atomic E-state index is 12.7. The molecule has 0 aliphatic carbocycles. The lowest BCUT2D eigenvalue weighted by Gasteiger charge is -2.41. The Kier molecular flexibility index (Phi) is 8.48. The van der Waals surface area contributed by atoms with Gasteiger partial charge in [0.1, 0.15) is 0 Å². The average Bonchev–Trinajstić information content (AvgIpc) is 2.58. The van der Waals surface area contributed by atoms with Gasteiger partial charge in [0.15, 0.2) is 18.2 Å². The van der Waals surface area contributed by atoms with Crippen molar-refractivity contribution < 1.29 is 12.8 Å². The molecule has 0 heterocycles. The Bertz CT molecular complexity index is 800. The molecule has 0 aliphatic heterocycles. The van der Waals surface area contributed by atoms with Gasteiger partial charge in [0.2, 0.25) is 0 Å². The molecule has 3 nitrogen and oxygen atoms in total. The summed E-state index contributed by atoms with van der Waals surface area (Å²) in [6.45, 7) is 19.4. The lowest BCUT2D eigenvalue weighted by atomic mass is 9.96. The van der Waals surface area contributed by atoms with Gasteiger partial charge in [0.25, 0.3) is 0 Å². The largest absolute Gasteiger partial charge is 0.410 e. The third-order valence-corrected chi connectivity index (χ3v) is 12.0. The summed E-state index contributed by atoms with van der Waals surface area (Å²) in [4.78, 5) is 0.370. The molecule has 0 radical (unpaired) electrons. The lowest BCUT2D eigenvalue weighted by molar-refractivity contribution is 0.178. The Balaban J connectivity index is 3.08. The minimum Gasteiger partial charge on any atom is -0.410 e. The molecule has 2 atom stereocenters. The predicted octanol–water partition coefficient (Wildman–Crippen LogP) is 6.40. The van der Waals surface area contributed by atoms with Crippen molar-refractivity contribution >= 4 is 18.2 Å². The first-order valence-electron chi connectivity index (χ1n) is 9.97. The second-order valence-corrected chi connectivity index (χ2v) is 16.0. The Morgan fingerprint density at radius 2 is 1.68 bits per heavy atom. The Hall–Kier alpha value is -1.17. The molecular formula is C23H38O3SSi. The van der Waals surface area contributed by atoms with E-state index in [9.17, 15) is 8.42 Å². The van der Waals surface area contributed by atoms with Crippen LogP contribution >= 0.6 is 0 Å². The number of sulfone groups is 1. The summed E-state index contributed by atoms with van der Waals surface area (Å²) in [5.74, 6) is 0.125. The maximum Gasteiger partial charge on any atom is 0.192 e. The molecule has 1 rings (SSSR count). The first-order valence-corrected chi connectivity index (χ1v) is 14.5. The van der Waals surface area contributed by atoms with Crippen LogP contribution < -0.4 is 0 Å². The van der Waals surface area contributed by atoms with E-state index in [2.05, 4.69) is 59.9 Å². The van der Waals surface area contributed by atoms with Crippen molar-refractivity contribution in [3.8, 4) is 0 Å². The van der Waals surface area contributed by atoms with Crippen molar-refractivity contribution in [3.63, 3.8) is 0 Å². The van der Waals surface area contributed by atoms with Gasteiger partial charge in [-0.2, -0.15) is 0 Å². The third-order valence-electron chi connectivity index (χ3n) is 5.68. The highest BCUT2D eigenvalue weighted by atomic mass is 32.2. The van der Waals surface area contributed by atoms with E-state index in [1.165, 1.54) is 5.57 Å². The van der Waals surface area contributed by atoms with Gasteiger partial charge in [-0.3, -0.25) is 0 Å². The highest BCUT2D eigenvalue weighted by Gasteiger charge is 2.40. The van der Waals surface area contributed by atoms with Gasteiger partial charge in [-0.05, 0) is 56.6 Å². The van der Waals surface area contributed by atoms with Crippen LogP contribution in [0, 0.1) is 5.92 Å². The molecule has 28 heavy (non-hydrogen) atoms. The smallest absolute Gasteiger partial charge is 0.192 e. The molecule has 158 valence electrons. The van der Waals surface area contributed by atoms with Gasteiger partial charge in [-0.15, -0.1) is 0 Å². The minimum absolute atomic E-state index is 0.0308. The average molecular weight is 423 g/mol. The fourth-order valence-electron chi connectivity index (χ4n) is 2.87. The van der Waals surface area contributed by atoms with Crippen LogP contribution in [-0.2, 0) is 14.3 Å². The zero-order valence-electron chi connectivity index (χ0n) is 19.0. The predicted molar refractivity (Wildman–Crippen MR) is 123 cm³/mol. The number of benzene rings is 1. The maximum absolute atomic E-state index is 12.7. The van der Waals surface area contributed by atoms with E-state index >= 15 is 0 Å². The first-order chi connectivity index (χ1) is 12.7. The number of allylic oxidation sites excluding steroid dienone is 1. The van der Waals surface area contributed by atoms with Crippen LogP contribution in [0.25, 0.3) is 0 Å². The zero-order chi connectivity index (χ0) is 21.8. The topological polar surface area (TPSA) is 43.4 Å². The highest BCUT2D eigenvalue weighted by molar-refractivity contribution is 7.91. The monoisotopic (exact) mass is 422 g/mol. The fourth-order valence-corrected chi connectivity index (χ4v) is 5.69. The summed E-state index contributed by atoms with van der Waals surface area (Å²) in [5.41, 5.74) is 2.04. The Morgan fingerprint density at radius 3 is 2.14 bits per heavy atom. The van der Waals surface area contributed by atoms with E-state index < -0.39 is 18.2 Å². The van der Waals surface area contributed by atoms with Crippen molar-refractivity contribution in [1.82, 2.24) is 0 Å². The molecule has 0 N–H and O–H groups in total. The molecule has 0 saturated carbocycles. The highest BCUT2D eigenvalue weighted by Crippen LogP contribution is 2.39. The van der Waals surface area contributed by atoms with E-state index in [0.717, 1.165) is 5.57 Å². The normalized spacial score (nSPS) is 16.8. The molecule has 0 aliphatic rings. The van der Waals surface area contributed by atoms with Gasteiger partial charge in [-0.1, -0.05) is 63.6 Å². The molecule has 0 bridgehead atoms. The fraction of sp³-hybridized carbons (Fsp3) is 0.565. The summed E-state index contributed by atoms with van der Waals surface area (Å²) in [5, 5.41) is 0.119. The lowest BCUT2D eigenvalue weighted by Crippen LogP contribution is -2.45. The first kappa shape index (κ1) is 24.9. The summed E-state index contributed by atoms with van der Waals surface area (Å²) in [6.07, 6.45) is 4.11. The molecule has 1 aromatic carbocycles. The van der Waals surface area contributed by atoms with Gasteiger partial charge in [0.05, 0.1) is 16.8 Å². The van der Waals surface area contributed by atoms with Gasteiger partial charge >= 0.3 is 0 Å². The molecule has 0 amide bonds. The summed E-state index contributed by atoms with van der Waals surface area (Å²) in [6, 6.07) is 8.64. The van der Waals surface area contributed by atoms with Crippen molar-refractivity contribution in [2.75, 3.05) is 5.75 Å². The molecular weight excluding hydrogens is 384 g/mol. The Labute approximate surface area is 173 Å². The summed E-state index contributed by atoms with van der Waals surface area (Å²) >= 11 is 0. The van der Waals surface area contributed by atoms with Gasteiger partial charge in [0, 0.05) is 5.92 Å². The second-order valence-electron chi connectivity index (χ2n) is 9.28. The van der Waals surface area contributed by atoms with E-state index in [1.54, 1.807) is 24.3 Å². The zero-order valence-corrected chi connectivity index (χ0v) is 20.9. The number of rotatable bonds is 8. The van der Waals surface area contributed by atoms with Crippen molar-refractivity contribution in [3.05, 3.63) is 53.6 Å². The number of hydrogen-bond donors (Lipinski definition) is 0. The second kappa shape index (κ2) is 9.55. The molecule has 0 aromatic heterocycles. The summed E-state index contributed by atoms with van der Waals surface area (Å²) < 4.78 is 32.0. The standard InChI is InChI=1S/C23H38O3SSi/c1-10-19(3)22(26-28(8,9)23(5,6)7)20(4)16-18(2)17-27(24,25)21-14-12-11-13-15-21/h10-16,20,22H,17H2,1-9H3/b18-16+,19-10-/t20-,22+/m1/s1. The minimum atomic E-state index is -3.33. The van der Waals surface area contributed by atoms with Gasteiger partial charge < -0.3 is 4.43 Å². The van der Waals surface area contributed by atoms with Gasteiger partial charge in [-0.25, -0.2) is 8.42 Å². The summed E-state index contributed by atoms with van der Waals surface area (Å²) in [7, 11) is -5.28. The quantitative estimate of drug-likeness (QED) is 0.359. The van der Waals surface area contributed by atoms with Crippen LogP contribution in [0.4, 0.5) is 0 Å². The van der Waals surface area contributed by atoms with E-state index in [1.807, 2.05) is 19.9 Å². The SMILES string of the molecule is C/C=C(/C)[C@H](O[Si](C)(C)C(C)(C)C)[C@H](C)/C=C(\C)CS(=O)(=O)c1ccccc1. The molecule has 0 fully saturated rings. The van der Waals surface area contributed by atoms with Crippen molar-refractivity contribution in [2.24, 2.45) is 5.92 Å². The van der Waals surface area contributed by atoms with Crippen molar-refractivity contribution in [2.45, 2.75) is 77.6 Å². The molecule has 1 aromatic rings. The van der Waals surface area contributed by atoms with E-state index in [-0.39, 0.29) is 22.8 Å². The van der Waals surface area contributed by atoms with Crippen LogP contribution in [0.5, 0.6) is 0 Å². The van der Waals surface area contributed by atoms with Crippen LogP contribution in [0.15, 0.2) is 58.5 Å². The van der Waals surface area contributed by atoms with Crippen LogP contribution in [0.2, 0.25) is 18.1 Å². The van der Waals surface area contributed by atoms with Crippen LogP contribution in [0.3, 0.4) is 0 Å². The molecule has 0 unspecified atom stereocenters. The molecule has 5 heteroatoms. The Morgan fingerprint density at radius 1 is 1.14 bits per heavy atom. The van der Waals surface area contributed by atoms with Crippen LogP contribution in [0.1, 0.15) is 48.5 Å².